The van der Waals surface area contributed by atoms with Crippen molar-refractivity contribution < 1.29 is 9.90 Å². The number of hydrogen-bond acceptors (Lipinski definition) is 3. The van der Waals surface area contributed by atoms with Gasteiger partial charge in [0, 0.05) is 28.5 Å². The van der Waals surface area contributed by atoms with E-state index in [2.05, 4.69) is 15.0 Å². The van der Waals surface area contributed by atoms with E-state index in [0.29, 0.717) is 10.5 Å². The van der Waals surface area contributed by atoms with Crippen molar-refractivity contribution in [3.8, 4) is 22.4 Å². The van der Waals surface area contributed by atoms with E-state index in [1.807, 2.05) is 30.3 Å². The Balaban J connectivity index is 2.07. The van der Waals surface area contributed by atoms with Crippen molar-refractivity contribution in [3.05, 3.63) is 71.6 Å². The van der Waals surface area contributed by atoms with E-state index in [0.717, 1.165) is 27.9 Å². The molecule has 0 aliphatic heterocycles. The van der Waals surface area contributed by atoms with Crippen LogP contribution < -0.4 is 0 Å². The maximum absolute atomic E-state index is 11.3. The number of fused-ring (bicyclic) bond motifs is 1. The molecule has 3 aromatic heterocycles. The number of nitrogens with zero attached hydrogens (tertiary/aromatic N) is 2. The molecule has 122 valence electrons. The van der Waals surface area contributed by atoms with Gasteiger partial charge in [-0.25, -0.2) is 9.78 Å². The van der Waals surface area contributed by atoms with Crippen LogP contribution in [-0.2, 0) is 0 Å². The van der Waals surface area contributed by atoms with Crippen LogP contribution in [-0.4, -0.2) is 26.0 Å². The van der Waals surface area contributed by atoms with Crippen LogP contribution in [0.2, 0.25) is 5.02 Å². The standard InChI is InChI=1S/C19H12ClN3O2/c20-13-3-1-2-12(10-13)16-17(11-6-8-21-9-7-11)22-14-4-5-15(19(24)25)23-18(14)16/h1-10,22H,(H,24,25). The van der Waals surface area contributed by atoms with Crippen molar-refractivity contribution in [2.24, 2.45) is 0 Å². The number of aromatic amines is 1. The molecule has 4 rings (SSSR count). The van der Waals surface area contributed by atoms with Crippen LogP contribution in [0, 0.1) is 0 Å². The minimum absolute atomic E-state index is 0.00365. The zero-order valence-electron chi connectivity index (χ0n) is 12.9. The van der Waals surface area contributed by atoms with E-state index in [1.54, 1.807) is 24.5 Å². The summed E-state index contributed by atoms with van der Waals surface area (Å²) in [5.74, 6) is -1.06. The van der Waals surface area contributed by atoms with Crippen LogP contribution in [0.5, 0.6) is 0 Å². The molecular weight excluding hydrogens is 338 g/mol. The van der Waals surface area contributed by atoms with Crippen LogP contribution in [0.25, 0.3) is 33.4 Å². The Kier molecular flexibility index (Phi) is 3.71. The van der Waals surface area contributed by atoms with Crippen LogP contribution >= 0.6 is 11.6 Å². The average molecular weight is 350 g/mol. The molecule has 25 heavy (non-hydrogen) atoms. The molecule has 1 aromatic carbocycles. The number of hydrogen-bond donors (Lipinski definition) is 2. The normalized spacial score (nSPS) is 10.9. The molecule has 0 aliphatic rings. The third kappa shape index (κ3) is 2.75. The maximum atomic E-state index is 11.3. The molecule has 2 N–H and O–H groups in total. The minimum atomic E-state index is -1.06. The largest absolute Gasteiger partial charge is 0.477 e. The minimum Gasteiger partial charge on any atom is -0.477 e. The van der Waals surface area contributed by atoms with Crippen molar-refractivity contribution >= 4 is 28.6 Å². The highest BCUT2D eigenvalue weighted by atomic mass is 35.5. The van der Waals surface area contributed by atoms with Gasteiger partial charge in [0.25, 0.3) is 0 Å². The Morgan fingerprint density at radius 3 is 2.56 bits per heavy atom. The summed E-state index contributed by atoms with van der Waals surface area (Å²) >= 11 is 6.16. The summed E-state index contributed by atoms with van der Waals surface area (Å²) in [6.07, 6.45) is 3.41. The van der Waals surface area contributed by atoms with Crippen molar-refractivity contribution in [2.45, 2.75) is 0 Å². The molecule has 0 atom stereocenters. The van der Waals surface area contributed by atoms with Gasteiger partial charge >= 0.3 is 5.97 Å². The van der Waals surface area contributed by atoms with Gasteiger partial charge in [0.1, 0.15) is 5.69 Å². The number of rotatable bonds is 3. The maximum Gasteiger partial charge on any atom is 0.354 e. The van der Waals surface area contributed by atoms with Crippen molar-refractivity contribution in [1.82, 2.24) is 15.0 Å². The summed E-state index contributed by atoms with van der Waals surface area (Å²) in [4.78, 5) is 23.0. The van der Waals surface area contributed by atoms with Crippen molar-refractivity contribution in [3.63, 3.8) is 0 Å². The number of benzene rings is 1. The van der Waals surface area contributed by atoms with E-state index >= 15 is 0 Å². The van der Waals surface area contributed by atoms with Crippen molar-refractivity contribution in [1.29, 1.82) is 0 Å². The second kappa shape index (κ2) is 6.03. The second-order valence-electron chi connectivity index (χ2n) is 5.52. The Hall–Kier alpha value is -3.18. The fourth-order valence-corrected chi connectivity index (χ4v) is 3.04. The second-order valence-corrected chi connectivity index (χ2v) is 5.96. The predicted molar refractivity (Wildman–Crippen MR) is 96.7 cm³/mol. The molecule has 0 fully saturated rings. The molecule has 0 amide bonds. The lowest BCUT2D eigenvalue weighted by Crippen LogP contribution is -1.99. The molecule has 4 aromatic rings. The Morgan fingerprint density at radius 2 is 1.84 bits per heavy atom. The van der Waals surface area contributed by atoms with Crippen molar-refractivity contribution in [2.75, 3.05) is 0 Å². The van der Waals surface area contributed by atoms with Crippen LogP contribution in [0.3, 0.4) is 0 Å². The number of carboxylic acid groups (broad SMARTS) is 1. The van der Waals surface area contributed by atoms with E-state index in [4.69, 9.17) is 11.6 Å². The SMILES string of the molecule is O=C(O)c1ccc2[nH]c(-c3ccncc3)c(-c3cccc(Cl)c3)c2n1. The zero-order chi connectivity index (χ0) is 17.4. The first-order valence-electron chi connectivity index (χ1n) is 7.56. The van der Waals surface area contributed by atoms with E-state index in [-0.39, 0.29) is 5.69 Å². The molecule has 0 bridgehead atoms. The summed E-state index contributed by atoms with van der Waals surface area (Å²) in [5, 5.41) is 9.87. The first kappa shape index (κ1) is 15.4. The van der Waals surface area contributed by atoms with Gasteiger partial charge in [-0.05, 0) is 42.0 Å². The molecule has 5 nitrogen and oxygen atoms in total. The quantitative estimate of drug-likeness (QED) is 0.564. The van der Waals surface area contributed by atoms with Crippen LogP contribution in [0.1, 0.15) is 10.5 Å². The summed E-state index contributed by atoms with van der Waals surface area (Å²) in [7, 11) is 0. The molecule has 0 unspecified atom stereocenters. The topological polar surface area (TPSA) is 78.9 Å². The van der Waals surface area contributed by atoms with Gasteiger partial charge in [-0.1, -0.05) is 23.7 Å². The lowest BCUT2D eigenvalue weighted by Gasteiger charge is -2.06. The molecule has 0 spiro atoms. The monoisotopic (exact) mass is 349 g/mol. The predicted octanol–water partition coefficient (Wildman–Crippen LogP) is 4.64. The van der Waals surface area contributed by atoms with E-state index in [1.165, 1.54) is 6.07 Å². The first-order valence-corrected chi connectivity index (χ1v) is 7.93. The van der Waals surface area contributed by atoms with Gasteiger partial charge in [0.2, 0.25) is 0 Å². The summed E-state index contributed by atoms with van der Waals surface area (Å²) in [6.45, 7) is 0. The Bertz CT molecular complexity index is 1090. The Morgan fingerprint density at radius 1 is 1.04 bits per heavy atom. The van der Waals surface area contributed by atoms with E-state index < -0.39 is 5.97 Å². The molecule has 6 heteroatoms. The Labute approximate surface area is 147 Å². The third-order valence-electron chi connectivity index (χ3n) is 3.94. The van der Waals surface area contributed by atoms with Gasteiger partial charge in [0.05, 0.1) is 16.7 Å². The number of pyridine rings is 2. The number of aromatic nitrogens is 3. The number of H-pyrrole nitrogens is 1. The van der Waals surface area contributed by atoms with Gasteiger partial charge in [-0.3, -0.25) is 4.98 Å². The lowest BCUT2D eigenvalue weighted by atomic mass is 10.0. The van der Waals surface area contributed by atoms with Gasteiger partial charge < -0.3 is 10.1 Å². The van der Waals surface area contributed by atoms with Gasteiger partial charge in [-0.15, -0.1) is 0 Å². The third-order valence-corrected chi connectivity index (χ3v) is 4.18. The highest BCUT2D eigenvalue weighted by Gasteiger charge is 2.18. The number of nitrogens with one attached hydrogen (secondary N) is 1. The molecule has 3 heterocycles. The molecule has 0 saturated heterocycles. The molecular formula is C19H12ClN3O2. The summed E-state index contributed by atoms with van der Waals surface area (Å²) in [6, 6.07) is 14.4. The fraction of sp³-hybridized carbons (Fsp3) is 0. The smallest absolute Gasteiger partial charge is 0.354 e. The fourth-order valence-electron chi connectivity index (χ4n) is 2.85. The highest BCUT2D eigenvalue weighted by molar-refractivity contribution is 6.31. The van der Waals surface area contributed by atoms with Gasteiger partial charge in [0.15, 0.2) is 0 Å². The van der Waals surface area contributed by atoms with E-state index in [9.17, 15) is 9.90 Å². The first-order chi connectivity index (χ1) is 12.1. The number of halogens is 1. The van der Waals surface area contributed by atoms with Crippen LogP contribution in [0.15, 0.2) is 60.9 Å². The average Bonchev–Trinajstić information content (AvgIpc) is 3.01. The molecule has 0 aliphatic carbocycles. The summed E-state index contributed by atoms with van der Waals surface area (Å²) < 4.78 is 0. The number of carbonyl (C=O) groups is 1. The number of carboxylic acids is 1. The zero-order valence-corrected chi connectivity index (χ0v) is 13.7. The summed E-state index contributed by atoms with van der Waals surface area (Å²) in [5.41, 5.74) is 4.79. The lowest BCUT2D eigenvalue weighted by molar-refractivity contribution is 0.0691. The molecule has 0 saturated carbocycles. The highest BCUT2D eigenvalue weighted by Crippen LogP contribution is 2.38. The van der Waals surface area contributed by atoms with Crippen LogP contribution in [0.4, 0.5) is 0 Å². The van der Waals surface area contributed by atoms with Gasteiger partial charge in [-0.2, -0.15) is 0 Å². The molecule has 0 radical (unpaired) electrons. The number of aromatic carboxylic acids is 1.